The number of nitrogens with zero attached hydrogens (tertiary/aromatic N) is 2. The fourth-order valence-corrected chi connectivity index (χ4v) is 4.99. The van der Waals surface area contributed by atoms with Gasteiger partial charge in [-0.05, 0) is 52.8 Å². The van der Waals surface area contributed by atoms with Crippen LogP contribution < -0.4 is 16.0 Å². The molecule has 0 aliphatic rings. The molecule has 0 radical (unpaired) electrons. The third kappa shape index (κ3) is 7.26. The first-order chi connectivity index (χ1) is 18.7. The largest absolute Gasteiger partial charge is 0.326 e. The molecule has 0 saturated carbocycles. The number of nitrogens with one attached hydrogen (secondary N) is 3. The first kappa shape index (κ1) is 27.9. The number of carbonyl (C=O) groups is 2. The van der Waals surface area contributed by atoms with Crippen molar-refractivity contribution >= 4 is 34.1 Å². The second-order valence-electron chi connectivity index (χ2n) is 9.87. The molecule has 3 N–H and O–H groups in total. The van der Waals surface area contributed by atoms with Crippen molar-refractivity contribution < 1.29 is 14.0 Å². The van der Waals surface area contributed by atoms with Crippen LogP contribution in [0.4, 0.5) is 20.0 Å². The lowest BCUT2D eigenvalue weighted by atomic mass is 9.93. The molecule has 0 spiro atoms. The highest BCUT2D eigenvalue weighted by Gasteiger charge is 2.24. The third-order valence-electron chi connectivity index (χ3n) is 6.26. The molecule has 202 valence electrons. The van der Waals surface area contributed by atoms with Crippen LogP contribution in [0.15, 0.2) is 72.8 Å². The number of hydrogen-bond acceptors (Lipinski definition) is 5. The van der Waals surface area contributed by atoms with E-state index in [1.54, 1.807) is 12.1 Å². The zero-order valence-electron chi connectivity index (χ0n) is 22.4. The monoisotopic (exact) mass is 545 g/mol. The minimum absolute atomic E-state index is 0.204. The molecule has 0 unspecified atom stereocenters. The van der Waals surface area contributed by atoms with Gasteiger partial charge >= 0.3 is 6.03 Å². The first-order valence-corrected chi connectivity index (χ1v) is 13.7. The molecule has 1 atom stereocenters. The fraction of sp³-hybridized carbons (Fsp3) is 0.267. The lowest BCUT2D eigenvalue weighted by molar-refractivity contribution is -0.117. The zero-order valence-corrected chi connectivity index (χ0v) is 23.2. The normalized spacial score (nSPS) is 11.9. The Morgan fingerprint density at radius 3 is 2.08 bits per heavy atom. The summed E-state index contributed by atoms with van der Waals surface area (Å²) >= 11 is 1.17. The van der Waals surface area contributed by atoms with Crippen molar-refractivity contribution in [3.05, 3.63) is 95.3 Å². The summed E-state index contributed by atoms with van der Waals surface area (Å²) in [6, 6.07) is 20.0. The topological polar surface area (TPSA) is 96.0 Å². The van der Waals surface area contributed by atoms with Gasteiger partial charge in [-0.25, -0.2) is 9.18 Å². The number of amides is 3. The molecule has 0 bridgehead atoms. The van der Waals surface area contributed by atoms with E-state index in [2.05, 4.69) is 53.8 Å². The van der Waals surface area contributed by atoms with E-state index in [1.807, 2.05) is 48.5 Å². The number of para-hydroxylation sites is 1. The number of aromatic nitrogens is 2. The van der Waals surface area contributed by atoms with E-state index in [1.165, 1.54) is 23.5 Å². The molecule has 1 heterocycles. The highest BCUT2D eigenvalue weighted by Crippen LogP contribution is 2.32. The maximum atomic E-state index is 13.4. The van der Waals surface area contributed by atoms with Gasteiger partial charge in [-0.3, -0.25) is 10.1 Å². The molecule has 0 aliphatic carbocycles. The standard InChI is InChI=1S/C30H32FN5O2S/c1-18(2)23-11-8-12-24(19(3)4)26(23)33-29(38)32-25(17-20-9-6-5-7-10-20)27(37)34-30-36-35-28(39-30)21-13-15-22(31)16-14-21/h5-16,18-19,25H,17H2,1-4H3,(H2,32,33,38)(H,34,36,37)/t25-/m0/s1. The number of rotatable bonds is 9. The van der Waals surface area contributed by atoms with Crippen LogP contribution in [0.25, 0.3) is 10.6 Å². The summed E-state index contributed by atoms with van der Waals surface area (Å²) in [5.41, 5.74) is 4.42. The fourth-order valence-electron chi connectivity index (χ4n) is 4.24. The van der Waals surface area contributed by atoms with Crippen LogP contribution in [0.5, 0.6) is 0 Å². The molecule has 3 amide bonds. The van der Waals surface area contributed by atoms with Crippen molar-refractivity contribution in [2.24, 2.45) is 0 Å². The Bertz CT molecular complexity index is 1390. The van der Waals surface area contributed by atoms with E-state index in [-0.39, 0.29) is 29.2 Å². The minimum atomic E-state index is -0.876. The molecule has 3 aromatic carbocycles. The second-order valence-corrected chi connectivity index (χ2v) is 10.8. The van der Waals surface area contributed by atoms with Crippen LogP contribution in [0, 0.1) is 5.82 Å². The van der Waals surface area contributed by atoms with Gasteiger partial charge in [-0.2, -0.15) is 0 Å². The highest BCUT2D eigenvalue weighted by molar-refractivity contribution is 7.18. The summed E-state index contributed by atoms with van der Waals surface area (Å²) in [4.78, 5) is 26.7. The Labute approximate surface area is 231 Å². The minimum Gasteiger partial charge on any atom is -0.326 e. The van der Waals surface area contributed by atoms with Gasteiger partial charge < -0.3 is 10.6 Å². The van der Waals surface area contributed by atoms with Crippen molar-refractivity contribution in [1.29, 1.82) is 0 Å². The molecular weight excluding hydrogens is 513 g/mol. The lowest BCUT2D eigenvalue weighted by Crippen LogP contribution is -2.47. The van der Waals surface area contributed by atoms with Crippen LogP contribution in [0.2, 0.25) is 0 Å². The van der Waals surface area contributed by atoms with Crippen molar-refractivity contribution in [2.45, 2.75) is 52.0 Å². The van der Waals surface area contributed by atoms with Gasteiger partial charge in [-0.15, -0.1) is 10.2 Å². The summed E-state index contributed by atoms with van der Waals surface area (Å²) in [7, 11) is 0. The van der Waals surface area contributed by atoms with Gasteiger partial charge in [0.2, 0.25) is 11.0 Å². The van der Waals surface area contributed by atoms with E-state index in [0.717, 1.165) is 22.4 Å². The number of urea groups is 1. The molecule has 39 heavy (non-hydrogen) atoms. The van der Waals surface area contributed by atoms with Crippen LogP contribution >= 0.6 is 11.3 Å². The summed E-state index contributed by atoms with van der Waals surface area (Å²) in [5.74, 6) is -0.358. The average Bonchev–Trinajstić information content (AvgIpc) is 3.37. The van der Waals surface area contributed by atoms with Gasteiger partial charge in [0.25, 0.3) is 0 Å². The van der Waals surface area contributed by atoms with Crippen molar-refractivity contribution in [3.63, 3.8) is 0 Å². The lowest BCUT2D eigenvalue weighted by Gasteiger charge is -2.22. The van der Waals surface area contributed by atoms with E-state index in [9.17, 15) is 14.0 Å². The highest BCUT2D eigenvalue weighted by atomic mass is 32.1. The molecule has 0 fully saturated rings. The number of anilines is 2. The van der Waals surface area contributed by atoms with Crippen molar-refractivity contribution in [1.82, 2.24) is 15.5 Å². The zero-order chi connectivity index (χ0) is 27.9. The molecule has 0 saturated heterocycles. The van der Waals surface area contributed by atoms with Gasteiger partial charge in [0.1, 0.15) is 16.9 Å². The smallest absolute Gasteiger partial charge is 0.319 e. The Morgan fingerprint density at radius 1 is 0.821 bits per heavy atom. The molecule has 1 aromatic heterocycles. The molecule has 9 heteroatoms. The van der Waals surface area contributed by atoms with Crippen LogP contribution in [-0.4, -0.2) is 28.2 Å². The summed E-state index contributed by atoms with van der Waals surface area (Å²) in [5, 5.41) is 17.7. The van der Waals surface area contributed by atoms with E-state index in [4.69, 9.17) is 0 Å². The maximum Gasteiger partial charge on any atom is 0.319 e. The summed E-state index contributed by atoms with van der Waals surface area (Å²) in [6.07, 6.45) is 0.284. The predicted octanol–water partition coefficient (Wildman–Crippen LogP) is 6.96. The van der Waals surface area contributed by atoms with Gasteiger partial charge in [-0.1, -0.05) is 87.6 Å². The third-order valence-corrected chi connectivity index (χ3v) is 7.15. The van der Waals surface area contributed by atoms with E-state index in [0.29, 0.717) is 10.6 Å². The Morgan fingerprint density at radius 2 is 1.46 bits per heavy atom. The number of halogens is 1. The number of hydrogen-bond donors (Lipinski definition) is 3. The summed E-state index contributed by atoms with van der Waals surface area (Å²) < 4.78 is 13.3. The number of carbonyl (C=O) groups excluding carboxylic acids is 2. The molecule has 0 aliphatic heterocycles. The van der Waals surface area contributed by atoms with Crippen molar-refractivity contribution in [2.75, 3.05) is 10.6 Å². The van der Waals surface area contributed by atoms with E-state index >= 15 is 0 Å². The Hall–Kier alpha value is -4.11. The van der Waals surface area contributed by atoms with Crippen LogP contribution in [0.3, 0.4) is 0 Å². The van der Waals surface area contributed by atoms with Crippen LogP contribution in [-0.2, 0) is 11.2 Å². The molecule has 4 rings (SSSR count). The summed E-state index contributed by atoms with van der Waals surface area (Å²) in [6.45, 7) is 8.32. The Balaban J connectivity index is 1.54. The maximum absolute atomic E-state index is 13.4. The first-order valence-electron chi connectivity index (χ1n) is 12.9. The van der Waals surface area contributed by atoms with Gasteiger partial charge in [0.05, 0.1) is 0 Å². The molecular formula is C30H32FN5O2S. The van der Waals surface area contributed by atoms with Gasteiger partial charge in [0, 0.05) is 17.7 Å². The van der Waals surface area contributed by atoms with Crippen molar-refractivity contribution in [3.8, 4) is 10.6 Å². The Kier molecular flexibility index (Phi) is 9.03. The average molecular weight is 546 g/mol. The van der Waals surface area contributed by atoms with E-state index < -0.39 is 18.0 Å². The van der Waals surface area contributed by atoms with Crippen LogP contribution in [0.1, 0.15) is 56.2 Å². The predicted molar refractivity (Wildman–Crippen MR) is 155 cm³/mol. The molecule has 4 aromatic rings. The quantitative estimate of drug-likeness (QED) is 0.212. The molecule has 7 nitrogen and oxygen atoms in total. The SMILES string of the molecule is CC(C)c1cccc(C(C)C)c1NC(=O)N[C@@H](Cc1ccccc1)C(=O)Nc1nnc(-c2ccc(F)cc2)s1. The second kappa shape index (κ2) is 12.6. The number of benzene rings is 3. The van der Waals surface area contributed by atoms with Gasteiger partial charge in [0.15, 0.2) is 0 Å².